The molecule has 1 amide bonds. The second kappa shape index (κ2) is 4.34. The first-order valence-corrected chi connectivity index (χ1v) is 5.44. The van der Waals surface area contributed by atoms with Crippen LogP contribution in [0.4, 0.5) is 15.8 Å². The zero-order valence-electron chi connectivity index (χ0n) is 9.48. The fourth-order valence-corrected chi connectivity index (χ4v) is 1.65. The highest BCUT2D eigenvalue weighted by atomic mass is 19.1. The number of amides is 1. The fraction of sp³-hybridized carbons (Fsp3) is 0.364. The van der Waals surface area contributed by atoms with Crippen molar-refractivity contribution < 1.29 is 14.1 Å². The van der Waals surface area contributed by atoms with E-state index >= 15 is 0 Å². The third kappa shape index (κ3) is 2.17. The number of halogens is 1. The summed E-state index contributed by atoms with van der Waals surface area (Å²) in [4.78, 5) is 21.8. The van der Waals surface area contributed by atoms with E-state index in [0.29, 0.717) is 12.8 Å². The number of anilines is 1. The molecule has 3 N–H and O–H groups in total. The molecule has 0 atom stereocenters. The van der Waals surface area contributed by atoms with Crippen LogP contribution in [-0.2, 0) is 4.79 Å². The summed E-state index contributed by atoms with van der Waals surface area (Å²) in [5.74, 6) is -1.09. The minimum atomic E-state index is -0.707. The SMILES string of the molecule is NCC1(C(=O)Nc2cc([N+](=O)[O-])ccc2F)CC1. The van der Waals surface area contributed by atoms with Gasteiger partial charge in [0, 0.05) is 18.7 Å². The molecule has 0 heterocycles. The summed E-state index contributed by atoms with van der Waals surface area (Å²) in [5, 5.41) is 12.9. The Labute approximate surface area is 102 Å². The van der Waals surface area contributed by atoms with Gasteiger partial charge in [-0.15, -0.1) is 0 Å². The minimum Gasteiger partial charge on any atom is -0.329 e. The monoisotopic (exact) mass is 253 g/mol. The molecule has 1 aromatic rings. The Morgan fingerprint density at radius 3 is 2.72 bits per heavy atom. The molecular weight excluding hydrogens is 241 g/mol. The van der Waals surface area contributed by atoms with E-state index in [4.69, 9.17) is 5.73 Å². The number of hydrogen-bond donors (Lipinski definition) is 2. The Morgan fingerprint density at radius 2 is 2.22 bits per heavy atom. The summed E-state index contributed by atoms with van der Waals surface area (Å²) < 4.78 is 13.4. The lowest BCUT2D eigenvalue weighted by atomic mass is 10.1. The maximum atomic E-state index is 13.4. The van der Waals surface area contributed by atoms with Gasteiger partial charge in [-0.25, -0.2) is 4.39 Å². The van der Waals surface area contributed by atoms with Crippen LogP contribution in [0.25, 0.3) is 0 Å². The van der Waals surface area contributed by atoms with E-state index < -0.39 is 16.2 Å². The normalized spacial score (nSPS) is 16.1. The Bertz CT molecular complexity index is 514. The van der Waals surface area contributed by atoms with Crippen LogP contribution in [-0.4, -0.2) is 17.4 Å². The Morgan fingerprint density at radius 1 is 1.56 bits per heavy atom. The number of carbonyl (C=O) groups is 1. The van der Waals surface area contributed by atoms with Crippen molar-refractivity contribution in [2.45, 2.75) is 12.8 Å². The molecule has 2 rings (SSSR count). The average molecular weight is 253 g/mol. The second-order valence-electron chi connectivity index (χ2n) is 4.36. The number of rotatable bonds is 4. The number of nitrogens with zero attached hydrogens (tertiary/aromatic N) is 1. The van der Waals surface area contributed by atoms with E-state index in [1.165, 1.54) is 0 Å². The summed E-state index contributed by atoms with van der Waals surface area (Å²) in [6, 6.07) is 3.00. The van der Waals surface area contributed by atoms with Crippen molar-refractivity contribution in [2.75, 3.05) is 11.9 Å². The van der Waals surface area contributed by atoms with Gasteiger partial charge in [0.15, 0.2) is 0 Å². The average Bonchev–Trinajstić information content (AvgIpc) is 3.12. The highest BCUT2D eigenvalue weighted by Crippen LogP contribution is 2.45. The Balaban J connectivity index is 2.21. The summed E-state index contributed by atoms with van der Waals surface area (Å²) in [5.41, 5.74) is 4.39. The molecule has 0 aliphatic heterocycles. The number of nitrogens with one attached hydrogen (secondary N) is 1. The van der Waals surface area contributed by atoms with Crippen LogP contribution < -0.4 is 11.1 Å². The largest absolute Gasteiger partial charge is 0.329 e. The van der Waals surface area contributed by atoms with E-state index in [1.54, 1.807) is 0 Å². The van der Waals surface area contributed by atoms with Crippen molar-refractivity contribution in [3.63, 3.8) is 0 Å². The lowest BCUT2D eigenvalue weighted by molar-refractivity contribution is -0.384. The van der Waals surface area contributed by atoms with Crippen molar-refractivity contribution in [3.8, 4) is 0 Å². The lowest BCUT2D eigenvalue weighted by Crippen LogP contribution is -2.31. The predicted octanol–water partition coefficient (Wildman–Crippen LogP) is 1.41. The van der Waals surface area contributed by atoms with Crippen LogP contribution in [0.15, 0.2) is 18.2 Å². The maximum absolute atomic E-state index is 13.4. The van der Waals surface area contributed by atoms with Gasteiger partial charge in [0.2, 0.25) is 5.91 Å². The molecule has 1 saturated carbocycles. The highest BCUT2D eigenvalue weighted by Gasteiger charge is 2.48. The molecule has 6 nitrogen and oxygen atoms in total. The maximum Gasteiger partial charge on any atom is 0.271 e. The van der Waals surface area contributed by atoms with E-state index in [1.807, 2.05) is 0 Å². The van der Waals surface area contributed by atoms with Gasteiger partial charge in [0.25, 0.3) is 5.69 Å². The van der Waals surface area contributed by atoms with E-state index in [0.717, 1.165) is 18.2 Å². The second-order valence-corrected chi connectivity index (χ2v) is 4.36. The smallest absolute Gasteiger partial charge is 0.271 e. The van der Waals surface area contributed by atoms with Crippen molar-refractivity contribution in [1.29, 1.82) is 0 Å². The topological polar surface area (TPSA) is 98.3 Å². The third-order valence-electron chi connectivity index (χ3n) is 3.13. The predicted molar refractivity (Wildman–Crippen MR) is 62.4 cm³/mol. The van der Waals surface area contributed by atoms with Gasteiger partial charge >= 0.3 is 0 Å². The molecule has 1 aromatic carbocycles. The van der Waals surface area contributed by atoms with E-state index in [2.05, 4.69) is 5.32 Å². The molecule has 0 radical (unpaired) electrons. The van der Waals surface area contributed by atoms with Gasteiger partial charge in [-0.1, -0.05) is 0 Å². The van der Waals surface area contributed by atoms with Crippen LogP contribution in [0.3, 0.4) is 0 Å². The first kappa shape index (κ1) is 12.4. The van der Waals surface area contributed by atoms with Gasteiger partial charge in [0.05, 0.1) is 16.0 Å². The van der Waals surface area contributed by atoms with Crippen molar-refractivity contribution in [3.05, 3.63) is 34.1 Å². The van der Waals surface area contributed by atoms with Crippen LogP contribution in [0.5, 0.6) is 0 Å². The number of nitrogens with two attached hydrogens (primary N) is 1. The highest BCUT2D eigenvalue weighted by molar-refractivity contribution is 5.97. The molecule has 96 valence electrons. The molecule has 1 aliphatic rings. The molecule has 0 unspecified atom stereocenters. The summed E-state index contributed by atoms with van der Waals surface area (Å²) in [6.45, 7) is 0.190. The van der Waals surface area contributed by atoms with Gasteiger partial charge in [-0.3, -0.25) is 14.9 Å². The molecule has 1 aliphatic carbocycles. The standard InChI is InChI=1S/C11H12FN3O3/c12-8-2-1-7(15(17)18)5-9(8)14-10(16)11(6-13)3-4-11/h1-2,5H,3-4,6,13H2,(H,14,16). The number of non-ortho nitro benzene ring substituents is 1. The Kier molecular flexibility index (Phi) is 3.00. The fourth-order valence-electron chi connectivity index (χ4n) is 1.65. The van der Waals surface area contributed by atoms with E-state index in [-0.39, 0.29) is 23.8 Å². The number of carbonyl (C=O) groups excluding carboxylic acids is 1. The Hall–Kier alpha value is -2.02. The first-order chi connectivity index (χ1) is 8.48. The van der Waals surface area contributed by atoms with Crippen molar-refractivity contribution in [1.82, 2.24) is 0 Å². The molecule has 0 saturated heterocycles. The first-order valence-electron chi connectivity index (χ1n) is 5.44. The van der Waals surface area contributed by atoms with Crippen molar-refractivity contribution >= 4 is 17.3 Å². The molecule has 7 heteroatoms. The third-order valence-corrected chi connectivity index (χ3v) is 3.13. The molecule has 18 heavy (non-hydrogen) atoms. The number of nitro groups is 1. The lowest BCUT2D eigenvalue weighted by Gasteiger charge is -2.13. The summed E-state index contributed by atoms with van der Waals surface area (Å²) >= 11 is 0. The molecular formula is C11H12FN3O3. The zero-order valence-corrected chi connectivity index (χ0v) is 9.48. The van der Waals surface area contributed by atoms with Gasteiger partial charge in [-0.05, 0) is 18.9 Å². The quantitative estimate of drug-likeness (QED) is 0.626. The van der Waals surface area contributed by atoms with Gasteiger partial charge in [0.1, 0.15) is 5.82 Å². The van der Waals surface area contributed by atoms with E-state index in [9.17, 15) is 19.3 Å². The van der Waals surface area contributed by atoms with Crippen molar-refractivity contribution in [2.24, 2.45) is 11.1 Å². The van der Waals surface area contributed by atoms with Crippen LogP contribution in [0.2, 0.25) is 0 Å². The molecule has 1 fully saturated rings. The molecule has 0 spiro atoms. The number of hydrogen-bond acceptors (Lipinski definition) is 4. The number of nitro benzene ring substituents is 1. The zero-order chi connectivity index (χ0) is 13.3. The molecule has 0 bridgehead atoms. The minimum absolute atomic E-state index is 0.186. The number of benzene rings is 1. The summed E-state index contributed by atoms with van der Waals surface area (Å²) in [7, 11) is 0. The van der Waals surface area contributed by atoms with Crippen LogP contribution in [0, 0.1) is 21.3 Å². The van der Waals surface area contributed by atoms with Crippen LogP contribution >= 0.6 is 0 Å². The van der Waals surface area contributed by atoms with Gasteiger partial charge < -0.3 is 11.1 Å². The molecule has 0 aromatic heterocycles. The van der Waals surface area contributed by atoms with Crippen LogP contribution in [0.1, 0.15) is 12.8 Å². The summed E-state index contributed by atoms with van der Waals surface area (Å²) in [6.07, 6.45) is 1.32. The van der Waals surface area contributed by atoms with Gasteiger partial charge in [-0.2, -0.15) is 0 Å².